The molecule has 0 radical (unpaired) electrons. The lowest BCUT2D eigenvalue weighted by atomic mass is 9.74. The fourth-order valence-corrected chi connectivity index (χ4v) is 5.02. The summed E-state index contributed by atoms with van der Waals surface area (Å²) in [6.07, 6.45) is 2.04. The molecule has 166 valence electrons. The number of aromatic nitrogens is 1. The number of amides is 1. The van der Waals surface area contributed by atoms with Gasteiger partial charge in [-0.3, -0.25) is 15.0 Å². The Labute approximate surface area is 186 Å². The number of nitrogens with zero attached hydrogens (tertiary/aromatic N) is 1. The van der Waals surface area contributed by atoms with Crippen LogP contribution in [0.3, 0.4) is 0 Å². The van der Waals surface area contributed by atoms with Crippen LogP contribution in [0.4, 0.5) is 0 Å². The highest BCUT2D eigenvalue weighted by atomic mass is 32.2. The van der Waals surface area contributed by atoms with Crippen molar-refractivity contribution in [3.8, 4) is 5.75 Å². The predicted octanol–water partition coefficient (Wildman–Crippen LogP) is 2.52. The highest BCUT2D eigenvalue weighted by Gasteiger charge is 2.46. The smallest absolute Gasteiger partial charge is 0.255 e. The summed E-state index contributed by atoms with van der Waals surface area (Å²) >= 11 is 0. The molecule has 1 amide bonds. The third kappa shape index (κ3) is 4.22. The van der Waals surface area contributed by atoms with Gasteiger partial charge in [0.05, 0.1) is 15.8 Å². The van der Waals surface area contributed by atoms with E-state index in [1.54, 1.807) is 35.9 Å². The second-order valence-electron chi connectivity index (χ2n) is 7.50. The number of hydroxylamine groups is 1. The van der Waals surface area contributed by atoms with Crippen LogP contribution in [0.25, 0.3) is 10.9 Å². The Bertz CT molecular complexity index is 1250. The Morgan fingerprint density at radius 2 is 1.84 bits per heavy atom. The standard InChI is InChI=1S/C23H22N2O6S/c26-22(25-27)23(10-13-30-14-11-23)21(32(28)29)16-6-8-18(9-7-16)31-15-17-3-1-5-20-19(17)4-2-12-24-20/h1-9,12,27H,10-11,13-15H2,(H,25,26). The van der Waals surface area contributed by atoms with Gasteiger partial charge in [-0.15, -0.1) is 0 Å². The molecule has 2 heterocycles. The molecule has 1 saturated heterocycles. The van der Waals surface area contributed by atoms with Crippen molar-refractivity contribution in [2.24, 2.45) is 5.41 Å². The number of carbonyl (C=O) groups is 1. The van der Waals surface area contributed by atoms with Crippen molar-refractivity contribution >= 4 is 32.0 Å². The zero-order chi connectivity index (χ0) is 22.6. The van der Waals surface area contributed by atoms with E-state index in [-0.39, 0.29) is 30.9 Å². The topological polar surface area (TPSA) is 115 Å². The summed E-state index contributed by atoms with van der Waals surface area (Å²) in [6, 6.07) is 16.2. The summed E-state index contributed by atoms with van der Waals surface area (Å²) in [5.41, 5.74) is 2.46. The van der Waals surface area contributed by atoms with Crippen LogP contribution in [-0.2, 0) is 26.4 Å². The summed E-state index contributed by atoms with van der Waals surface area (Å²) in [4.78, 5) is 16.8. The molecule has 1 fully saturated rings. The number of rotatable bonds is 6. The maximum Gasteiger partial charge on any atom is 0.255 e. The van der Waals surface area contributed by atoms with Gasteiger partial charge in [-0.2, -0.15) is 8.42 Å². The van der Waals surface area contributed by atoms with Gasteiger partial charge in [-0.25, -0.2) is 5.48 Å². The van der Waals surface area contributed by atoms with Crippen LogP contribution in [0.5, 0.6) is 5.75 Å². The SMILES string of the molecule is O=C(NO)C1(C(c2ccc(OCc3cccc4ncccc34)cc2)=S(=O)=O)CCOCC1. The summed E-state index contributed by atoms with van der Waals surface area (Å²) in [7, 11) is -2.68. The van der Waals surface area contributed by atoms with Gasteiger partial charge in [-0.1, -0.05) is 18.2 Å². The van der Waals surface area contributed by atoms with Gasteiger partial charge in [0, 0.05) is 24.8 Å². The molecule has 0 unspecified atom stereocenters. The second-order valence-corrected chi connectivity index (χ2v) is 8.38. The Kier molecular flexibility index (Phi) is 6.50. The van der Waals surface area contributed by atoms with Crippen molar-refractivity contribution in [1.82, 2.24) is 10.5 Å². The van der Waals surface area contributed by atoms with Crippen molar-refractivity contribution < 1.29 is 27.9 Å². The fraction of sp³-hybridized carbons (Fsp3) is 0.261. The number of pyridine rings is 1. The number of carbonyl (C=O) groups excluding carboxylic acids is 1. The van der Waals surface area contributed by atoms with Crippen LogP contribution in [0.2, 0.25) is 0 Å². The fourth-order valence-electron chi connectivity index (χ4n) is 4.07. The minimum atomic E-state index is -2.68. The maximum absolute atomic E-state index is 12.5. The van der Waals surface area contributed by atoms with Crippen LogP contribution in [0.1, 0.15) is 24.0 Å². The van der Waals surface area contributed by atoms with Crippen molar-refractivity contribution in [2.75, 3.05) is 13.2 Å². The molecule has 0 bridgehead atoms. The molecular weight excluding hydrogens is 432 g/mol. The molecule has 8 nitrogen and oxygen atoms in total. The van der Waals surface area contributed by atoms with Crippen LogP contribution >= 0.6 is 0 Å². The average molecular weight is 455 g/mol. The van der Waals surface area contributed by atoms with E-state index in [4.69, 9.17) is 9.47 Å². The van der Waals surface area contributed by atoms with Crippen molar-refractivity contribution in [3.63, 3.8) is 0 Å². The van der Waals surface area contributed by atoms with E-state index in [1.807, 2.05) is 30.3 Å². The first-order valence-corrected chi connectivity index (χ1v) is 11.2. The van der Waals surface area contributed by atoms with Crippen LogP contribution < -0.4 is 10.2 Å². The van der Waals surface area contributed by atoms with Crippen LogP contribution in [0, 0.1) is 5.41 Å². The normalized spacial score (nSPS) is 15.2. The number of ether oxygens (including phenoxy) is 2. The minimum Gasteiger partial charge on any atom is -0.489 e. The Morgan fingerprint density at radius 3 is 2.53 bits per heavy atom. The minimum absolute atomic E-state index is 0.0703. The third-order valence-electron chi connectivity index (χ3n) is 5.73. The molecule has 1 aromatic heterocycles. The number of hydrogen-bond donors (Lipinski definition) is 2. The average Bonchev–Trinajstić information content (AvgIpc) is 2.83. The van der Waals surface area contributed by atoms with E-state index >= 15 is 0 Å². The molecule has 32 heavy (non-hydrogen) atoms. The van der Waals surface area contributed by atoms with Crippen molar-refractivity contribution in [2.45, 2.75) is 19.4 Å². The van der Waals surface area contributed by atoms with Gasteiger partial charge in [0.1, 0.15) is 12.4 Å². The van der Waals surface area contributed by atoms with Crippen LogP contribution in [-0.4, -0.2) is 42.6 Å². The molecule has 2 N–H and O–H groups in total. The van der Waals surface area contributed by atoms with Gasteiger partial charge in [-0.05, 0) is 60.4 Å². The summed E-state index contributed by atoms with van der Waals surface area (Å²) in [5, 5.41) is 10.2. The zero-order valence-electron chi connectivity index (χ0n) is 17.2. The number of hydrogen-bond acceptors (Lipinski definition) is 7. The number of nitrogens with one attached hydrogen (secondary N) is 1. The molecule has 0 saturated carbocycles. The number of fused-ring (bicyclic) bond motifs is 1. The van der Waals surface area contributed by atoms with E-state index < -0.39 is 21.6 Å². The molecule has 4 rings (SSSR count). The lowest BCUT2D eigenvalue weighted by Gasteiger charge is -2.35. The molecule has 0 spiro atoms. The van der Waals surface area contributed by atoms with Gasteiger partial charge in [0.15, 0.2) is 0 Å². The van der Waals surface area contributed by atoms with Gasteiger partial charge < -0.3 is 9.47 Å². The first-order chi connectivity index (χ1) is 15.5. The second kappa shape index (κ2) is 9.47. The van der Waals surface area contributed by atoms with E-state index in [9.17, 15) is 18.4 Å². The molecule has 9 heteroatoms. The van der Waals surface area contributed by atoms with Gasteiger partial charge in [0.25, 0.3) is 5.91 Å². The lowest BCUT2D eigenvalue weighted by Crippen LogP contribution is -2.49. The van der Waals surface area contributed by atoms with Crippen molar-refractivity contribution in [3.05, 3.63) is 71.9 Å². The molecular formula is C23H22N2O6S. The molecule has 0 aliphatic carbocycles. The third-order valence-corrected chi connectivity index (χ3v) is 6.69. The number of benzene rings is 2. The van der Waals surface area contributed by atoms with E-state index in [0.717, 1.165) is 16.5 Å². The quantitative estimate of drug-likeness (QED) is 0.255. The maximum atomic E-state index is 12.5. The highest BCUT2D eigenvalue weighted by Crippen LogP contribution is 2.35. The van der Waals surface area contributed by atoms with Crippen molar-refractivity contribution in [1.29, 1.82) is 0 Å². The molecule has 1 aliphatic rings. The zero-order valence-corrected chi connectivity index (χ0v) is 18.0. The highest BCUT2D eigenvalue weighted by molar-refractivity contribution is 7.73. The molecule has 3 aromatic rings. The van der Waals surface area contributed by atoms with Gasteiger partial charge in [0.2, 0.25) is 10.3 Å². The summed E-state index contributed by atoms with van der Waals surface area (Å²) in [6.45, 7) is 0.755. The van der Waals surface area contributed by atoms with E-state index in [0.29, 0.717) is 17.9 Å². The monoisotopic (exact) mass is 454 g/mol. The summed E-state index contributed by atoms with van der Waals surface area (Å²) < 4.78 is 35.5. The first-order valence-electron chi connectivity index (χ1n) is 10.1. The largest absolute Gasteiger partial charge is 0.489 e. The Hall–Kier alpha value is -3.27. The van der Waals surface area contributed by atoms with Crippen LogP contribution in [0.15, 0.2) is 60.8 Å². The first kappa shape index (κ1) is 21.9. The lowest BCUT2D eigenvalue weighted by molar-refractivity contribution is -0.139. The Balaban J connectivity index is 1.59. The van der Waals surface area contributed by atoms with Gasteiger partial charge >= 0.3 is 0 Å². The van der Waals surface area contributed by atoms with E-state index in [1.165, 1.54) is 0 Å². The molecule has 1 aliphatic heterocycles. The molecule has 0 atom stereocenters. The van der Waals surface area contributed by atoms with E-state index in [2.05, 4.69) is 4.98 Å². The summed E-state index contributed by atoms with van der Waals surface area (Å²) in [5.74, 6) is -0.205. The Morgan fingerprint density at radius 1 is 1.09 bits per heavy atom. The molecule has 2 aromatic carbocycles. The predicted molar refractivity (Wildman–Crippen MR) is 118 cm³/mol.